The van der Waals surface area contributed by atoms with Crippen molar-refractivity contribution in [3.05, 3.63) is 0 Å². The Kier molecular flexibility index (Phi) is 70.9. The first kappa shape index (κ1) is 99.1. The van der Waals surface area contributed by atoms with Crippen molar-refractivity contribution in [1.82, 2.24) is 0 Å². The molecule has 0 amide bonds. The number of aliphatic hydroxyl groups is 1. The van der Waals surface area contributed by atoms with E-state index in [0.29, 0.717) is 25.7 Å². The highest BCUT2D eigenvalue weighted by Gasteiger charge is 2.30. The van der Waals surface area contributed by atoms with Gasteiger partial charge in [0.1, 0.15) is 19.3 Å². The largest absolute Gasteiger partial charge is 0.472 e. The van der Waals surface area contributed by atoms with E-state index in [-0.39, 0.29) is 25.7 Å². The summed E-state index contributed by atoms with van der Waals surface area (Å²) in [5, 5.41) is 10.6. The fourth-order valence-electron chi connectivity index (χ4n) is 12.6. The minimum Gasteiger partial charge on any atom is -0.462 e. The molecule has 0 fully saturated rings. The fourth-order valence-corrected chi connectivity index (χ4v) is 14.2. The number of carbonyl (C=O) groups is 4. The van der Waals surface area contributed by atoms with Crippen LogP contribution in [-0.2, 0) is 65.4 Å². The molecule has 0 aliphatic heterocycles. The van der Waals surface area contributed by atoms with Crippen LogP contribution in [0.1, 0.15) is 427 Å². The van der Waals surface area contributed by atoms with E-state index in [2.05, 4.69) is 48.5 Å². The van der Waals surface area contributed by atoms with Gasteiger partial charge < -0.3 is 33.8 Å². The number of rotatable bonds is 80. The van der Waals surface area contributed by atoms with Crippen LogP contribution in [0.15, 0.2) is 0 Å². The Morgan fingerprint density at radius 2 is 0.505 bits per heavy atom. The zero-order chi connectivity index (χ0) is 74.4. The van der Waals surface area contributed by atoms with Gasteiger partial charge in [-0.05, 0) is 43.4 Å². The maximum Gasteiger partial charge on any atom is 0.472 e. The van der Waals surface area contributed by atoms with Crippen LogP contribution in [0.5, 0.6) is 0 Å². The summed E-state index contributed by atoms with van der Waals surface area (Å²) in [4.78, 5) is 73.0. The first-order chi connectivity index (χ1) is 48.8. The van der Waals surface area contributed by atoms with E-state index in [0.717, 1.165) is 108 Å². The van der Waals surface area contributed by atoms with Crippen LogP contribution in [0, 0.1) is 17.8 Å². The molecule has 6 atom stereocenters. The standard InChI is InChI=1S/C82H160O17P2/c1-8-10-11-12-13-14-35-42-49-56-63-79(84)92-69-77(99-82(87)66-59-52-45-38-31-30-33-40-47-54-61-74(5)6)71-96-100(88,89)94-67-76(83)68-95-101(90,91)97-72-78(70-93-80(85)64-57-50-43-36-28-25-21-22-26-32-39-46-53-60-73(3)4)98-81(86)65-58-51-44-37-29-24-20-18-16-15-17-19-23-27-34-41-48-55-62-75(7)9-2/h73-78,83H,8-72H2,1-7H3,(H,88,89)(H,90,91)/t75?,76-,77+,78+/m0/s1. The third-order valence-corrected chi connectivity index (χ3v) is 21.4. The molecule has 0 aliphatic carbocycles. The van der Waals surface area contributed by atoms with E-state index in [9.17, 15) is 43.2 Å². The lowest BCUT2D eigenvalue weighted by Gasteiger charge is -2.21. The number of carbonyl (C=O) groups excluding carboxylic acids is 4. The Morgan fingerprint density at radius 3 is 0.752 bits per heavy atom. The number of phosphoric ester groups is 2. The third-order valence-electron chi connectivity index (χ3n) is 19.5. The minimum absolute atomic E-state index is 0.106. The van der Waals surface area contributed by atoms with Crippen LogP contribution >= 0.6 is 15.6 Å². The van der Waals surface area contributed by atoms with Gasteiger partial charge >= 0.3 is 39.5 Å². The molecule has 0 spiro atoms. The molecule has 0 aromatic rings. The molecule has 0 heterocycles. The van der Waals surface area contributed by atoms with Gasteiger partial charge in [-0.15, -0.1) is 0 Å². The van der Waals surface area contributed by atoms with Gasteiger partial charge in [-0.3, -0.25) is 37.3 Å². The smallest absolute Gasteiger partial charge is 0.462 e. The number of ether oxygens (including phenoxy) is 4. The summed E-state index contributed by atoms with van der Waals surface area (Å²) >= 11 is 0. The summed E-state index contributed by atoms with van der Waals surface area (Å²) < 4.78 is 68.7. The summed E-state index contributed by atoms with van der Waals surface area (Å²) in [6, 6.07) is 0. The molecule has 19 heteroatoms. The van der Waals surface area contributed by atoms with Crippen molar-refractivity contribution in [1.29, 1.82) is 0 Å². The van der Waals surface area contributed by atoms with Crippen LogP contribution in [0.4, 0.5) is 0 Å². The molecule has 0 rings (SSSR count). The molecule has 3 unspecified atom stereocenters. The van der Waals surface area contributed by atoms with E-state index in [1.807, 2.05) is 0 Å². The van der Waals surface area contributed by atoms with Crippen molar-refractivity contribution in [3.63, 3.8) is 0 Å². The Bertz CT molecular complexity index is 1960. The summed E-state index contributed by atoms with van der Waals surface area (Å²) in [6.07, 6.45) is 61.0. The number of hydrogen-bond donors (Lipinski definition) is 3. The summed E-state index contributed by atoms with van der Waals surface area (Å²) in [5.41, 5.74) is 0. The first-order valence-electron chi connectivity index (χ1n) is 42.4. The number of unbranched alkanes of at least 4 members (excludes halogenated alkanes) is 47. The monoisotopic (exact) mass is 1480 g/mol. The third kappa shape index (κ3) is 74.7. The SMILES string of the molecule is CCCCCCCCCCCCC(=O)OC[C@H](COP(=O)(O)OC[C@H](O)COP(=O)(O)OC[C@@H](COC(=O)CCCCCCCCCCCCCCCC(C)C)OC(=O)CCCCCCCCCCCCCCCCCCCCC(C)CC)OC(=O)CCCCCCCCCCCCC(C)C. The average molecular weight is 1480 g/mol. The van der Waals surface area contributed by atoms with Crippen molar-refractivity contribution >= 4 is 39.5 Å². The topological polar surface area (TPSA) is 237 Å². The molecular weight excluding hydrogens is 1320 g/mol. The van der Waals surface area contributed by atoms with Crippen molar-refractivity contribution in [2.75, 3.05) is 39.6 Å². The quantitative estimate of drug-likeness (QED) is 0.0222. The summed E-state index contributed by atoms with van der Waals surface area (Å²) in [6.45, 7) is 12.0. The molecule has 0 saturated carbocycles. The maximum atomic E-state index is 13.1. The number of aliphatic hydroxyl groups excluding tert-OH is 1. The van der Waals surface area contributed by atoms with Crippen LogP contribution < -0.4 is 0 Å². The summed E-state index contributed by atoms with van der Waals surface area (Å²) in [5.74, 6) is 0.304. The number of phosphoric acid groups is 2. The van der Waals surface area contributed by atoms with Crippen molar-refractivity contribution in [2.45, 2.75) is 446 Å². The fraction of sp³-hybridized carbons (Fsp3) is 0.951. The van der Waals surface area contributed by atoms with Crippen LogP contribution in [0.2, 0.25) is 0 Å². The average Bonchev–Trinajstić information content (AvgIpc) is 0.944. The highest BCUT2D eigenvalue weighted by molar-refractivity contribution is 7.47. The minimum atomic E-state index is -4.96. The van der Waals surface area contributed by atoms with Gasteiger partial charge in [0.2, 0.25) is 0 Å². The molecule has 0 aliphatic rings. The van der Waals surface area contributed by atoms with Gasteiger partial charge in [-0.2, -0.15) is 0 Å². The Hall–Kier alpha value is -1.94. The Morgan fingerprint density at radius 1 is 0.287 bits per heavy atom. The van der Waals surface area contributed by atoms with E-state index in [1.54, 1.807) is 0 Å². The molecule has 0 aromatic heterocycles. The highest BCUT2D eigenvalue weighted by Crippen LogP contribution is 2.45. The molecule has 0 aromatic carbocycles. The molecule has 0 radical (unpaired) electrons. The molecule has 0 saturated heterocycles. The second kappa shape index (κ2) is 72.3. The molecule has 17 nitrogen and oxygen atoms in total. The predicted octanol–water partition coefficient (Wildman–Crippen LogP) is 24.5. The zero-order valence-corrected chi connectivity index (χ0v) is 68.2. The van der Waals surface area contributed by atoms with Crippen LogP contribution in [0.3, 0.4) is 0 Å². The van der Waals surface area contributed by atoms with Crippen molar-refractivity contribution in [3.8, 4) is 0 Å². The molecular formula is C82H160O17P2. The van der Waals surface area contributed by atoms with Gasteiger partial charge in [-0.1, -0.05) is 376 Å². The van der Waals surface area contributed by atoms with Gasteiger partial charge in [0, 0.05) is 25.7 Å². The second-order valence-corrected chi connectivity index (χ2v) is 33.6. The number of esters is 4. The van der Waals surface area contributed by atoms with Gasteiger partial charge in [0.05, 0.1) is 26.4 Å². The lowest BCUT2D eigenvalue weighted by Crippen LogP contribution is -2.30. The lowest BCUT2D eigenvalue weighted by molar-refractivity contribution is -0.161. The van der Waals surface area contributed by atoms with E-state index >= 15 is 0 Å². The van der Waals surface area contributed by atoms with Crippen molar-refractivity contribution in [2.24, 2.45) is 17.8 Å². The Labute approximate surface area is 619 Å². The molecule has 600 valence electrons. The predicted molar refractivity (Wildman–Crippen MR) is 414 cm³/mol. The van der Waals surface area contributed by atoms with E-state index < -0.39 is 97.5 Å². The van der Waals surface area contributed by atoms with Crippen LogP contribution in [0.25, 0.3) is 0 Å². The first-order valence-corrected chi connectivity index (χ1v) is 45.4. The highest BCUT2D eigenvalue weighted by atomic mass is 31.2. The van der Waals surface area contributed by atoms with Crippen LogP contribution in [-0.4, -0.2) is 96.7 Å². The lowest BCUT2D eigenvalue weighted by atomic mass is 9.99. The second-order valence-electron chi connectivity index (χ2n) is 30.7. The van der Waals surface area contributed by atoms with Gasteiger partial charge in [-0.25, -0.2) is 9.13 Å². The van der Waals surface area contributed by atoms with Gasteiger partial charge in [0.15, 0.2) is 12.2 Å². The number of hydrogen-bond acceptors (Lipinski definition) is 15. The van der Waals surface area contributed by atoms with E-state index in [4.69, 9.17) is 37.0 Å². The molecule has 0 bridgehead atoms. The molecule has 101 heavy (non-hydrogen) atoms. The maximum absolute atomic E-state index is 13.1. The zero-order valence-electron chi connectivity index (χ0n) is 66.4. The Balaban J connectivity index is 5.21. The van der Waals surface area contributed by atoms with Gasteiger partial charge in [0.25, 0.3) is 0 Å². The van der Waals surface area contributed by atoms with Crippen molar-refractivity contribution < 1.29 is 80.2 Å². The normalized spacial score (nSPS) is 14.2. The summed E-state index contributed by atoms with van der Waals surface area (Å²) in [7, 11) is -9.92. The van der Waals surface area contributed by atoms with E-state index in [1.165, 1.54) is 238 Å². The molecule has 3 N–H and O–H groups in total.